The summed E-state index contributed by atoms with van der Waals surface area (Å²) in [5.41, 5.74) is 4.69. The molecular weight excluding hydrogens is 286 g/mol. The Bertz CT molecular complexity index is 748. The van der Waals surface area contributed by atoms with E-state index in [0.29, 0.717) is 11.8 Å². The normalized spacial score (nSPS) is 24.7. The summed E-state index contributed by atoms with van der Waals surface area (Å²) < 4.78 is 2.18. The average Bonchev–Trinajstić information content (AvgIpc) is 2.90. The molecule has 0 bridgehead atoms. The lowest BCUT2D eigenvalue weighted by atomic mass is 9.87. The molecule has 0 saturated carbocycles. The molecule has 1 fully saturated rings. The minimum atomic E-state index is 0.133. The Morgan fingerprint density at radius 3 is 3.04 bits per heavy atom. The second-order valence-corrected chi connectivity index (χ2v) is 7.41. The Labute approximate surface area is 137 Å². The maximum absolute atomic E-state index is 12.9. The monoisotopic (exact) mass is 311 g/mol. The van der Waals surface area contributed by atoms with Crippen LogP contribution >= 0.6 is 0 Å². The number of hydrogen-bond donors (Lipinski definition) is 0. The minimum absolute atomic E-state index is 0.133. The van der Waals surface area contributed by atoms with E-state index in [1.165, 1.54) is 23.4 Å². The lowest BCUT2D eigenvalue weighted by molar-refractivity contribution is -0.137. The molecule has 4 heteroatoms. The Kier molecular flexibility index (Phi) is 3.63. The van der Waals surface area contributed by atoms with E-state index in [1.54, 1.807) is 0 Å². The third-order valence-electron chi connectivity index (χ3n) is 5.45. The van der Waals surface area contributed by atoms with Gasteiger partial charge in [-0.1, -0.05) is 6.92 Å². The molecule has 3 heterocycles. The van der Waals surface area contributed by atoms with Crippen molar-refractivity contribution in [3.8, 4) is 0 Å². The Balaban J connectivity index is 1.58. The third-order valence-corrected chi connectivity index (χ3v) is 5.45. The number of carbonyl (C=O) groups excluding carboxylic acids is 1. The van der Waals surface area contributed by atoms with Crippen molar-refractivity contribution in [1.82, 2.24) is 14.3 Å². The van der Waals surface area contributed by atoms with Crippen LogP contribution in [-0.2, 0) is 17.6 Å². The van der Waals surface area contributed by atoms with E-state index < -0.39 is 0 Å². The van der Waals surface area contributed by atoms with E-state index in [1.807, 2.05) is 0 Å². The Morgan fingerprint density at radius 2 is 2.22 bits per heavy atom. The van der Waals surface area contributed by atoms with Crippen molar-refractivity contribution in [2.75, 3.05) is 13.1 Å². The van der Waals surface area contributed by atoms with Crippen LogP contribution in [0.1, 0.15) is 43.1 Å². The van der Waals surface area contributed by atoms with Crippen LogP contribution in [0.25, 0.3) is 5.65 Å². The smallest absolute Gasteiger partial charge is 0.226 e. The first-order valence-corrected chi connectivity index (χ1v) is 8.87. The zero-order valence-corrected chi connectivity index (χ0v) is 14.1. The van der Waals surface area contributed by atoms with Gasteiger partial charge in [-0.2, -0.15) is 0 Å². The number of imidazole rings is 1. The number of pyridine rings is 1. The molecule has 1 saturated heterocycles. The van der Waals surface area contributed by atoms with Crippen LogP contribution in [-0.4, -0.2) is 33.3 Å². The van der Waals surface area contributed by atoms with Gasteiger partial charge in [0.05, 0.1) is 5.69 Å². The van der Waals surface area contributed by atoms with Gasteiger partial charge in [-0.3, -0.25) is 4.79 Å². The van der Waals surface area contributed by atoms with Gasteiger partial charge in [0.25, 0.3) is 0 Å². The van der Waals surface area contributed by atoms with E-state index in [9.17, 15) is 4.79 Å². The van der Waals surface area contributed by atoms with E-state index in [0.717, 1.165) is 44.4 Å². The average molecular weight is 311 g/mol. The van der Waals surface area contributed by atoms with Gasteiger partial charge in [0.1, 0.15) is 5.65 Å². The van der Waals surface area contributed by atoms with Gasteiger partial charge in [0.15, 0.2) is 0 Å². The van der Waals surface area contributed by atoms with E-state index >= 15 is 0 Å². The number of carbonyl (C=O) groups is 1. The SMILES string of the molecule is Cc1ccn2c3c(nc2c1)CCC(C(=O)N1CCCC(C)C1)C3. The summed E-state index contributed by atoms with van der Waals surface area (Å²) in [6.07, 6.45) is 7.22. The molecule has 4 rings (SSSR count). The van der Waals surface area contributed by atoms with E-state index in [2.05, 4.69) is 41.5 Å². The summed E-state index contributed by atoms with van der Waals surface area (Å²) >= 11 is 0. The molecule has 4 nitrogen and oxygen atoms in total. The molecule has 23 heavy (non-hydrogen) atoms. The number of piperidine rings is 1. The van der Waals surface area contributed by atoms with Crippen LogP contribution in [0.3, 0.4) is 0 Å². The molecule has 1 aliphatic heterocycles. The molecule has 2 aromatic heterocycles. The quantitative estimate of drug-likeness (QED) is 0.812. The predicted octanol–water partition coefficient (Wildman–Crippen LogP) is 3.01. The fourth-order valence-electron chi connectivity index (χ4n) is 4.17. The molecule has 2 aromatic rings. The second kappa shape index (κ2) is 5.66. The summed E-state index contributed by atoms with van der Waals surface area (Å²) in [7, 11) is 0. The fraction of sp³-hybridized carbons (Fsp3) is 0.579. The second-order valence-electron chi connectivity index (χ2n) is 7.41. The van der Waals surface area contributed by atoms with Crippen LogP contribution in [0.15, 0.2) is 18.3 Å². The highest BCUT2D eigenvalue weighted by molar-refractivity contribution is 5.79. The largest absolute Gasteiger partial charge is 0.342 e. The van der Waals surface area contributed by atoms with E-state index in [4.69, 9.17) is 4.98 Å². The third kappa shape index (κ3) is 2.64. The van der Waals surface area contributed by atoms with Crippen molar-refractivity contribution in [3.63, 3.8) is 0 Å². The number of aromatic nitrogens is 2. The van der Waals surface area contributed by atoms with Crippen molar-refractivity contribution in [1.29, 1.82) is 0 Å². The summed E-state index contributed by atoms with van der Waals surface area (Å²) in [6.45, 7) is 6.23. The number of fused-ring (bicyclic) bond motifs is 3. The fourth-order valence-corrected chi connectivity index (χ4v) is 4.17. The highest BCUT2D eigenvalue weighted by atomic mass is 16.2. The Morgan fingerprint density at radius 1 is 1.35 bits per heavy atom. The first-order valence-electron chi connectivity index (χ1n) is 8.87. The zero-order valence-electron chi connectivity index (χ0n) is 14.1. The number of rotatable bonds is 1. The maximum Gasteiger partial charge on any atom is 0.226 e. The van der Waals surface area contributed by atoms with Crippen LogP contribution in [0.2, 0.25) is 0 Å². The molecule has 1 aliphatic carbocycles. The summed E-state index contributed by atoms with van der Waals surface area (Å²) in [5.74, 6) is 1.14. The Hall–Kier alpha value is -1.84. The highest BCUT2D eigenvalue weighted by Gasteiger charge is 2.32. The summed E-state index contributed by atoms with van der Waals surface area (Å²) in [4.78, 5) is 19.8. The van der Waals surface area contributed by atoms with Crippen LogP contribution in [0.4, 0.5) is 0 Å². The van der Waals surface area contributed by atoms with Crippen LogP contribution in [0, 0.1) is 18.8 Å². The van der Waals surface area contributed by atoms with Crippen molar-refractivity contribution >= 4 is 11.6 Å². The standard InChI is InChI=1S/C19H25N3O/c1-13-7-9-22-17-11-15(5-6-16(17)20-18(22)10-13)19(23)21-8-3-4-14(2)12-21/h7,9-10,14-15H,3-6,8,11-12H2,1-2H3. The number of amides is 1. The van der Waals surface area contributed by atoms with Crippen molar-refractivity contribution in [3.05, 3.63) is 35.3 Å². The van der Waals surface area contributed by atoms with Crippen molar-refractivity contribution in [2.45, 2.75) is 46.0 Å². The van der Waals surface area contributed by atoms with Gasteiger partial charge < -0.3 is 9.30 Å². The molecule has 122 valence electrons. The molecule has 2 atom stereocenters. The topological polar surface area (TPSA) is 37.6 Å². The first kappa shape index (κ1) is 14.7. The summed E-state index contributed by atoms with van der Waals surface area (Å²) in [6, 6.07) is 4.24. The molecule has 2 unspecified atom stereocenters. The van der Waals surface area contributed by atoms with Crippen LogP contribution in [0.5, 0.6) is 0 Å². The number of likely N-dealkylation sites (tertiary alicyclic amines) is 1. The van der Waals surface area contributed by atoms with Gasteiger partial charge in [0.2, 0.25) is 5.91 Å². The lowest BCUT2D eigenvalue weighted by Crippen LogP contribution is -2.43. The van der Waals surface area contributed by atoms with E-state index in [-0.39, 0.29) is 5.92 Å². The van der Waals surface area contributed by atoms with Gasteiger partial charge in [-0.05, 0) is 56.2 Å². The highest BCUT2D eigenvalue weighted by Crippen LogP contribution is 2.29. The molecule has 0 aromatic carbocycles. The first-order chi connectivity index (χ1) is 11.1. The lowest BCUT2D eigenvalue weighted by Gasteiger charge is -2.34. The van der Waals surface area contributed by atoms with Gasteiger partial charge in [-0.15, -0.1) is 0 Å². The molecule has 1 amide bonds. The van der Waals surface area contributed by atoms with Crippen molar-refractivity contribution in [2.24, 2.45) is 11.8 Å². The van der Waals surface area contributed by atoms with Crippen LogP contribution < -0.4 is 0 Å². The molecule has 2 aliphatic rings. The molecule has 0 spiro atoms. The molecular formula is C19H25N3O. The zero-order chi connectivity index (χ0) is 16.0. The number of hydrogen-bond acceptors (Lipinski definition) is 2. The maximum atomic E-state index is 12.9. The number of nitrogens with zero attached hydrogens (tertiary/aromatic N) is 3. The molecule has 0 radical (unpaired) electrons. The van der Waals surface area contributed by atoms with Crippen molar-refractivity contribution < 1.29 is 4.79 Å². The minimum Gasteiger partial charge on any atom is -0.342 e. The van der Waals surface area contributed by atoms with Gasteiger partial charge >= 0.3 is 0 Å². The molecule has 0 N–H and O–H groups in total. The predicted molar refractivity (Wildman–Crippen MR) is 90.4 cm³/mol. The number of aryl methyl sites for hydroxylation is 2. The van der Waals surface area contributed by atoms with Gasteiger partial charge in [-0.25, -0.2) is 4.98 Å². The van der Waals surface area contributed by atoms with Gasteiger partial charge in [0, 0.05) is 37.3 Å². The summed E-state index contributed by atoms with van der Waals surface area (Å²) in [5, 5.41) is 0.